The van der Waals surface area contributed by atoms with Gasteiger partial charge in [-0.3, -0.25) is 0 Å². The van der Waals surface area contributed by atoms with Gasteiger partial charge in [0.25, 0.3) is 0 Å². The van der Waals surface area contributed by atoms with E-state index in [2.05, 4.69) is 6.92 Å². The van der Waals surface area contributed by atoms with Crippen molar-refractivity contribution in [1.82, 2.24) is 0 Å². The zero-order valence-electron chi connectivity index (χ0n) is 6.39. The van der Waals surface area contributed by atoms with Crippen molar-refractivity contribution in [3.63, 3.8) is 0 Å². The maximum atomic E-state index is 5.65. The number of rotatable bonds is 5. The average molecular weight is 131 g/mol. The van der Waals surface area contributed by atoms with Gasteiger partial charge in [-0.2, -0.15) is 0 Å². The van der Waals surface area contributed by atoms with Crippen LogP contribution in [0.2, 0.25) is 0 Å². The van der Waals surface area contributed by atoms with Gasteiger partial charge in [0.15, 0.2) is 0 Å². The maximum Gasteiger partial charge on any atom is 0.0613 e. The molecule has 0 aromatic heterocycles. The van der Waals surface area contributed by atoms with E-state index >= 15 is 0 Å². The highest BCUT2D eigenvalue weighted by Crippen LogP contribution is 1.97. The van der Waals surface area contributed by atoms with Crippen LogP contribution in [0.15, 0.2) is 0 Å². The molecule has 2 nitrogen and oxygen atoms in total. The Morgan fingerprint density at radius 3 is 2.67 bits per heavy atom. The Morgan fingerprint density at radius 1 is 1.56 bits per heavy atom. The lowest BCUT2D eigenvalue weighted by Crippen LogP contribution is -2.25. The van der Waals surface area contributed by atoms with E-state index in [1.54, 1.807) is 7.11 Å². The van der Waals surface area contributed by atoms with Crippen LogP contribution in [0.4, 0.5) is 0 Å². The Balaban J connectivity index is 2.95. The Bertz CT molecular complexity index is 56.9. The van der Waals surface area contributed by atoms with Gasteiger partial charge in [-0.1, -0.05) is 19.8 Å². The van der Waals surface area contributed by atoms with Crippen LogP contribution >= 0.6 is 0 Å². The summed E-state index contributed by atoms with van der Waals surface area (Å²) in [6.07, 6.45) is 3.52. The van der Waals surface area contributed by atoms with Crippen molar-refractivity contribution in [2.45, 2.75) is 32.2 Å². The molecule has 0 spiro atoms. The third-order valence-corrected chi connectivity index (χ3v) is 1.31. The zero-order valence-corrected chi connectivity index (χ0v) is 6.39. The van der Waals surface area contributed by atoms with E-state index in [0.29, 0.717) is 6.61 Å². The van der Waals surface area contributed by atoms with Gasteiger partial charge in [-0.05, 0) is 6.42 Å². The predicted molar refractivity (Wildman–Crippen MR) is 39.4 cm³/mol. The minimum Gasteiger partial charge on any atom is -0.383 e. The van der Waals surface area contributed by atoms with Crippen molar-refractivity contribution in [3.8, 4) is 0 Å². The fraction of sp³-hybridized carbons (Fsp3) is 1.00. The summed E-state index contributed by atoms with van der Waals surface area (Å²) in [6, 6.07) is 0.245. The second-order valence-corrected chi connectivity index (χ2v) is 2.36. The molecule has 0 aliphatic heterocycles. The van der Waals surface area contributed by atoms with Gasteiger partial charge in [-0.25, -0.2) is 0 Å². The van der Waals surface area contributed by atoms with Crippen molar-refractivity contribution in [2.75, 3.05) is 13.7 Å². The number of ether oxygens (including phenoxy) is 1. The van der Waals surface area contributed by atoms with Crippen molar-refractivity contribution in [1.29, 1.82) is 0 Å². The number of nitrogens with two attached hydrogens (primary N) is 1. The normalized spacial score (nSPS) is 13.7. The van der Waals surface area contributed by atoms with Gasteiger partial charge < -0.3 is 10.5 Å². The van der Waals surface area contributed by atoms with Crippen LogP contribution in [0.5, 0.6) is 0 Å². The van der Waals surface area contributed by atoms with Crippen LogP contribution in [0.1, 0.15) is 26.2 Å². The first kappa shape index (κ1) is 8.92. The molecule has 0 bridgehead atoms. The molecule has 0 heterocycles. The Kier molecular flexibility index (Phi) is 5.99. The molecule has 0 aromatic carbocycles. The molecule has 56 valence electrons. The molecule has 0 amide bonds. The molecule has 0 rings (SSSR count). The largest absolute Gasteiger partial charge is 0.383 e. The highest BCUT2D eigenvalue weighted by Gasteiger charge is 1.98. The molecule has 0 fully saturated rings. The Hall–Kier alpha value is -0.0800. The number of hydrogen-bond donors (Lipinski definition) is 1. The molecule has 2 heteroatoms. The van der Waals surface area contributed by atoms with Gasteiger partial charge in [0.05, 0.1) is 6.61 Å². The van der Waals surface area contributed by atoms with Crippen molar-refractivity contribution in [2.24, 2.45) is 5.73 Å². The van der Waals surface area contributed by atoms with Crippen LogP contribution in [0, 0.1) is 0 Å². The second-order valence-electron chi connectivity index (χ2n) is 2.36. The molecule has 0 radical (unpaired) electrons. The van der Waals surface area contributed by atoms with E-state index in [4.69, 9.17) is 10.5 Å². The van der Waals surface area contributed by atoms with E-state index in [0.717, 1.165) is 6.42 Å². The molecule has 1 unspecified atom stereocenters. The van der Waals surface area contributed by atoms with E-state index in [1.165, 1.54) is 12.8 Å². The second kappa shape index (κ2) is 6.05. The van der Waals surface area contributed by atoms with Gasteiger partial charge in [0.2, 0.25) is 0 Å². The minimum absolute atomic E-state index is 0.245. The monoisotopic (exact) mass is 131 g/mol. The molecule has 0 aromatic rings. The summed E-state index contributed by atoms with van der Waals surface area (Å²) in [7, 11) is 1.69. The summed E-state index contributed by atoms with van der Waals surface area (Å²) in [6.45, 7) is 2.86. The third-order valence-electron chi connectivity index (χ3n) is 1.31. The fourth-order valence-electron chi connectivity index (χ4n) is 0.764. The summed E-state index contributed by atoms with van der Waals surface area (Å²) < 4.78 is 4.88. The van der Waals surface area contributed by atoms with Crippen LogP contribution < -0.4 is 5.73 Å². The minimum atomic E-state index is 0.245. The lowest BCUT2D eigenvalue weighted by atomic mass is 10.1. The Labute approximate surface area is 57.4 Å². The number of hydrogen-bond acceptors (Lipinski definition) is 2. The highest BCUT2D eigenvalue weighted by atomic mass is 16.5. The van der Waals surface area contributed by atoms with Gasteiger partial charge in [0.1, 0.15) is 0 Å². The highest BCUT2D eigenvalue weighted by molar-refractivity contribution is 4.57. The standard InChI is InChI=1S/C7H17NO/c1-3-4-5-7(8)6-9-2/h7H,3-6,8H2,1-2H3. The molecular formula is C7H17NO. The number of unbranched alkanes of at least 4 members (excludes halogenated alkanes) is 1. The van der Waals surface area contributed by atoms with Crippen LogP contribution in [0.25, 0.3) is 0 Å². The van der Waals surface area contributed by atoms with Gasteiger partial charge in [0, 0.05) is 13.2 Å². The quantitative estimate of drug-likeness (QED) is 0.607. The first-order chi connectivity index (χ1) is 4.31. The van der Waals surface area contributed by atoms with E-state index in [9.17, 15) is 0 Å². The molecule has 0 aliphatic carbocycles. The summed E-state index contributed by atoms with van der Waals surface area (Å²) in [5.41, 5.74) is 5.65. The fourth-order valence-corrected chi connectivity index (χ4v) is 0.764. The van der Waals surface area contributed by atoms with Crippen molar-refractivity contribution >= 4 is 0 Å². The zero-order chi connectivity index (χ0) is 7.11. The van der Waals surface area contributed by atoms with Crippen LogP contribution in [0.3, 0.4) is 0 Å². The summed E-state index contributed by atoms with van der Waals surface area (Å²) in [5, 5.41) is 0. The van der Waals surface area contributed by atoms with Gasteiger partial charge in [-0.15, -0.1) is 0 Å². The average Bonchev–Trinajstić information content (AvgIpc) is 1.85. The van der Waals surface area contributed by atoms with E-state index < -0.39 is 0 Å². The molecule has 9 heavy (non-hydrogen) atoms. The molecule has 2 N–H and O–H groups in total. The topological polar surface area (TPSA) is 35.2 Å². The predicted octanol–water partition coefficient (Wildman–Crippen LogP) is 1.15. The molecule has 1 atom stereocenters. The van der Waals surface area contributed by atoms with Crippen molar-refractivity contribution < 1.29 is 4.74 Å². The molecule has 0 aliphatic rings. The van der Waals surface area contributed by atoms with E-state index in [1.807, 2.05) is 0 Å². The van der Waals surface area contributed by atoms with E-state index in [-0.39, 0.29) is 6.04 Å². The first-order valence-corrected chi connectivity index (χ1v) is 3.55. The summed E-state index contributed by atoms with van der Waals surface area (Å²) >= 11 is 0. The van der Waals surface area contributed by atoms with Crippen LogP contribution in [-0.2, 0) is 4.74 Å². The number of methoxy groups -OCH3 is 1. The van der Waals surface area contributed by atoms with Crippen molar-refractivity contribution in [3.05, 3.63) is 0 Å². The molecular weight excluding hydrogens is 114 g/mol. The third kappa shape index (κ3) is 5.80. The lowest BCUT2D eigenvalue weighted by molar-refractivity contribution is 0.176. The van der Waals surface area contributed by atoms with Crippen LogP contribution in [-0.4, -0.2) is 19.8 Å². The van der Waals surface area contributed by atoms with Gasteiger partial charge >= 0.3 is 0 Å². The summed E-state index contributed by atoms with van der Waals surface area (Å²) in [5.74, 6) is 0. The smallest absolute Gasteiger partial charge is 0.0613 e. The maximum absolute atomic E-state index is 5.65. The SMILES string of the molecule is CCCCC(N)COC. The lowest BCUT2D eigenvalue weighted by Gasteiger charge is -2.07. The molecule has 0 saturated carbocycles. The summed E-state index contributed by atoms with van der Waals surface area (Å²) in [4.78, 5) is 0. The molecule has 0 saturated heterocycles. The Morgan fingerprint density at radius 2 is 2.22 bits per heavy atom. The first-order valence-electron chi connectivity index (χ1n) is 3.55.